The van der Waals surface area contributed by atoms with Gasteiger partial charge in [0.15, 0.2) is 11.3 Å². The molecule has 134 valence electrons. The van der Waals surface area contributed by atoms with Crippen molar-refractivity contribution in [3.63, 3.8) is 0 Å². The zero-order valence-corrected chi connectivity index (χ0v) is 14.0. The van der Waals surface area contributed by atoms with Crippen LogP contribution in [-0.4, -0.2) is 19.0 Å². The molecule has 0 saturated heterocycles. The van der Waals surface area contributed by atoms with Gasteiger partial charge in [-0.3, -0.25) is 4.79 Å². The number of hydrogen-bond acceptors (Lipinski definition) is 4. The van der Waals surface area contributed by atoms with Gasteiger partial charge in [0, 0.05) is 10.9 Å². The number of fused-ring (bicyclic) bond motifs is 1. The standard InChI is InChI=1S/C19H15F2NO4/c1-19(18(24)25-2,13-10-12(20)7-8-14(13)21)22-17(23)16-9-11-5-3-4-6-15(11)26-16/h3-10H,1-2H3,(H,22,23)/t19-/m0/s1. The van der Waals surface area contributed by atoms with E-state index in [1.165, 1.54) is 13.0 Å². The Kier molecular flexibility index (Phi) is 4.46. The van der Waals surface area contributed by atoms with Gasteiger partial charge >= 0.3 is 5.97 Å². The van der Waals surface area contributed by atoms with Gasteiger partial charge in [0.1, 0.15) is 17.2 Å². The molecule has 0 aliphatic rings. The summed E-state index contributed by atoms with van der Waals surface area (Å²) in [6.45, 7) is 1.23. The van der Waals surface area contributed by atoms with E-state index in [9.17, 15) is 18.4 Å². The predicted octanol–water partition coefficient (Wildman–Crippen LogP) is 3.53. The third-order valence-electron chi connectivity index (χ3n) is 4.07. The number of ether oxygens (including phenoxy) is 1. The van der Waals surface area contributed by atoms with Crippen LogP contribution in [-0.2, 0) is 15.1 Å². The third kappa shape index (κ3) is 3.03. The fourth-order valence-electron chi connectivity index (χ4n) is 2.70. The number of nitrogens with one attached hydrogen (secondary N) is 1. The Bertz CT molecular complexity index is 965. The average Bonchev–Trinajstić information content (AvgIpc) is 3.07. The first-order valence-electron chi connectivity index (χ1n) is 7.70. The van der Waals surface area contributed by atoms with Crippen LogP contribution in [0, 0.1) is 11.6 Å². The van der Waals surface area contributed by atoms with E-state index in [1.54, 1.807) is 24.3 Å². The van der Waals surface area contributed by atoms with Crippen LogP contribution in [0.4, 0.5) is 8.78 Å². The Morgan fingerprint density at radius 2 is 1.85 bits per heavy atom. The molecular formula is C19H15F2NO4. The number of methoxy groups -OCH3 is 1. The number of carbonyl (C=O) groups excluding carboxylic acids is 2. The van der Waals surface area contributed by atoms with Crippen LogP contribution in [0.5, 0.6) is 0 Å². The van der Waals surface area contributed by atoms with Crippen LogP contribution in [0.15, 0.2) is 52.9 Å². The van der Waals surface area contributed by atoms with E-state index < -0.39 is 29.0 Å². The Hall–Kier alpha value is -3.22. The molecule has 0 bridgehead atoms. The number of benzene rings is 2. The molecule has 1 heterocycles. The van der Waals surface area contributed by atoms with Crippen molar-refractivity contribution >= 4 is 22.8 Å². The summed E-state index contributed by atoms with van der Waals surface area (Å²) in [6.07, 6.45) is 0. The maximum absolute atomic E-state index is 14.2. The van der Waals surface area contributed by atoms with Crippen molar-refractivity contribution in [2.24, 2.45) is 0 Å². The van der Waals surface area contributed by atoms with Crippen LogP contribution in [0.25, 0.3) is 11.0 Å². The first-order chi connectivity index (χ1) is 12.3. The van der Waals surface area contributed by atoms with Crippen molar-refractivity contribution in [1.82, 2.24) is 5.32 Å². The monoisotopic (exact) mass is 359 g/mol. The van der Waals surface area contributed by atoms with E-state index in [0.29, 0.717) is 11.0 Å². The number of halogens is 2. The molecule has 0 saturated carbocycles. The maximum Gasteiger partial charge on any atom is 0.336 e. The summed E-state index contributed by atoms with van der Waals surface area (Å²) in [7, 11) is 1.09. The molecule has 2 aromatic carbocycles. The second-order valence-electron chi connectivity index (χ2n) is 5.84. The Morgan fingerprint density at radius 1 is 1.12 bits per heavy atom. The molecule has 5 nitrogen and oxygen atoms in total. The molecule has 1 atom stereocenters. The van der Waals surface area contributed by atoms with E-state index in [1.807, 2.05) is 0 Å². The fraction of sp³-hybridized carbons (Fsp3) is 0.158. The number of para-hydroxylation sites is 1. The molecule has 3 aromatic rings. The van der Waals surface area contributed by atoms with Gasteiger partial charge in [-0.25, -0.2) is 13.6 Å². The summed E-state index contributed by atoms with van der Waals surface area (Å²) in [4.78, 5) is 24.9. The van der Waals surface area contributed by atoms with Gasteiger partial charge in [0.2, 0.25) is 0 Å². The van der Waals surface area contributed by atoms with Crippen molar-refractivity contribution in [2.45, 2.75) is 12.5 Å². The molecule has 0 spiro atoms. The largest absolute Gasteiger partial charge is 0.467 e. The van der Waals surface area contributed by atoms with E-state index in [2.05, 4.69) is 10.1 Å². The lowest BCUT2D eigenvalue weighted by Gasteiger charge is -2.28. The Balaban J connectivity index is 2.02. The van der Waals surface area contributed by atoms with Gasteiger partial charge in [-0.1, -0.05) is 18.2 Å². The number of furan rings is 1. The summed E-state index contributed by atoms with van der Waals surface area (Å²) in [5, 5.41) is 3.08. The number of rotatable bonds is 4. The van der Waals surface area contributed by atoms with Crippen LogP contribution in [0.1, 0.15) is 23.0 Å². The summed E-state index contributed by atoms with van der Waals surface area (Å²) < 4.78 is 38.0. The fourth-order valence-corrected chi connectivity index (χ4v) is 2.70. The van der Waals surface area contributed by atoms with Gasteiger partial charge in [-0.2, -0.15) is 0 Å². The maximum atomic E-state index is 14.2. The highest BCUT2D eigenvalue weighted by Crippen LogP contribution is 2.27. The second kappa shape index (κ2) is 6.59. The van der Waals surface area contributed by atoms with Crippen molar-refractivity contribution < 1.29 is 27.5 Å². The highest BCUT2D eigenvalue weighted by atomic mass is 19.1. The number of esters is 1. The normalized spacial score (nSPS) is 13.2. The summed E-state index contributed by atoms with van der Waals surface area (Å²) in [6, 6.07) is 11.1. The molecule has 1 N–H and O–H groups in total. The molecule has 3 rings (SSSR count). The molecule has 0 fully saturated rings. The highest BCUT2D eigenvalue weighted by Gasteiger charge is 2.41. The van der Waals surface area contributed by atoms with Gasteiger partial charge in [-0.15, -0.1) is 0 Å². The van der Waals surface area contributed by atoms with Gasteiger partial charge < -0.3 is 14.5 Å². The molecular weight excluding hydrogens is 344 g/mol. The van der Waals surface area contributed by atoms with E-state index in [0.717, 1.165) is 25.3 Å². The zero-order chi connectivity index (χ0) is 18.9. The van der Waals surface area contributed by atoms with Crippen molar-refractivity contribution in [3.05, 3.63) is 71.5 Å². The van der Waals surface area contributed by atoms with Crippen molar-refractivity contribution in [2.75, 3.05) is 7.11 Å². The van der Waals surface area contributed by atoms with E-state index >= 15 is 0 Å². The Labute approximate surface area is 147 Å². The number of hydrogen-bond donors (Lipinski definition) is 1. The summed E-state index contributed by atoms with van der Waals surface area (Å²) in [5.41, 5.74) is -1.82. The minimum Gasteiger partial charge on any atom is -0.467 e. The lowest BCUT2D eigenvalue weighted by atomic mass is 9.91. The average molecular weight is 359 g/mol. The molecule has 0 radical (unpaired) electrons. The highest BCUT2D eigenvalue weighted by molar-refractivity contribution is 5.99. The van der Waals surface area contributed by atoms with E-state index in [4.69, 9.17) is 4.42 Å². The van der Waals surface area contributed by atoms with Crippen LogP contribution in [0.2, 0.25) is 0 Å². The van der Waals surface area contributed by atoms with Gasteiger partial charge in [0.25, 0.3) is 5.91 Å². The van der Waals surface area contributed by atoms with Gasteiger partial charge in [-0.05, 0) is 37.3 Å². The topological polar surface area (TPSA) is 68.5 Å². The van der Waals surface area contributed by atoms with Crippen molar-refractivity contribution in [1.29, 1.82) is 0 Å². The summed E-state index contributed by atoms with van der Waals surface area (Å²) >= 11 is 0. The number of amides is 1. The van der Waals surface area contributed by atoms with Crippen LogP contribution >= 0.6 is 0 Å². The van der Waals surface area contributed by atoms with Gasteiger partial charge in [0.05, 0.1) is 7.11 Å². The lowest BCUT2D eigenvalue weighted by molar-refractivity contribution is -0.148. The molecule has 26 heavy (non-hydrogen) atoms. The minimum absolute atomic E-state index is 0.0712. The SMILES string of the molecule is COC(=O)[C@@](C)(NC(=O)c1cc2ccccc2o1)c1cc(F)ccc1F. The summed E-state index contributed by atoms with van der Waals surface area (Å²) in [5.74, 6) is -3.40. The molecule has 0 aliphatic heterocycles. The zero-order valence-electron chi connectivity index (χ0n) is 14.0. The molecule has 7 heteroatoms. The minimum atomic E-state index is -1.95. The second-order valence-corrected chi connectivity index (χ2v) is 5.84. The Morgan fingerprint density at radius 3 is 2.54 bits per heavy atom. The smallest absolute Gasteiger partial charge is 0.336 e. The molecule has 1 aromatic heterocycles. The number of carbonyl (C=O) groups is 2. The first kappa shape index (κ1) is 17.6. The molecule has 0 aliphatic carbocycles. The molecule has 0 unspecified atom stereocenters. The van der Waals surface area contributed by atoms with E-state index in [-0.39, 0.29) is 11.3 Å². The first-order valence-corrected chi connectivity index (χ1v) is 7.70. The predicted molar refractivity (Wildman–Crippen MR) is 89.4 cm³/mol. The van der Waals surface area contributed by atoms with Crippen molar-refractivity contribution in [3.8, 4) is 0 Å². The van der Waals surface area contributed by atoms with Crippen LogP contribution in [0.3, 0.4) is 0 Å². The third-order valence-corrected chi connectivity index (χ3v) is 4.07. The van der Waals surface area contributed by atoms with Crippen LogP contribution < -0.4 is 5.32 Å². The quantitative estimate of drug-likeness (QED) is 0.724. The molecule has 1 amide bonds. The lowest BCUT2D eigenvalue weighted by Crippen LogP contribution is -2.50.